The topological polar surface area (TPSA) is 28.2 Å². The van der Waals surface area contributed by atoms with Gasteiger partial charge in [0.15, 0.2) is 0 Å². The third kappa shape index (κ3) is 5.94. The Kier molecular flexibility index (Phi) is 7.47. The van der Waals surface area contributed by atoms with Crippen LogP contribution in [0.4, 0.5) is 0 Å². The molecule has 104 valence electrons. The molecule has 0 saturated heterocycles. The standard InChI is InChI=1S/C14H27N3S/c1-5-17(6-2)9-7-8-12(3)15-10-14-11-18-13(4)16-14/h11-12,15H,5-10H2,1-4H3. The van der Waals surface area contributed by atoms with Crippen LogP contribution >= 0.6 is 11.3 Å². The van der Waals surface area contributed by atoms with E-state index in [2.05, 4.69) is 48.3 Å². The summed E-state index contributed by atoms with van der Waals surface area (Å²) in [5.74, 6) is 0. The average molecular weight is 269 g/mol. The van der Waals surface area contributed by atoms with Crippen LogP contribution in [0.25, 0.3) is 0 Å². The molecule has 0 aliphatic heterocycles. The van der Waals surface area contributed by atoms with E-state index in [-0.39, 0.29) is 0 Å². The van der Waals surface area contributed by atoms with Gasteiger partial charge < -0.3 is 10.2 Å². The van der Waals surface area contributed by atoms with Gasteiger partial charge in [0.25, 0.3) is 0 Å². The fraction of sp³-hybridized carbons (Fsp3) is 0.786. The molecule has 4 heteroatoms. The SMILES string of the molecule is CCN(CC)CCCC(C)NCc1csc(C)n1. The zero-order valence-corrected chi connectivity index (χ0v) is 13.0. The molecule has 0 bridgehead atoms. The number of rotatable bonds is 9. The normalized spacial score (nSPS) is 13.2. The Hall–Kier alpha value is -0.450. The van der Waals surface area contributed by atoms with Gasteiger partial charge in [0, 0.05) is 18.0 Å². The van der Waals surface area contributed by atoms with Gasteiger partial charge >= 0.3 is 0 Å². The van der Waals surface area contributed by atoms with Crippen molar-refractivity contribution in [3.8, 4) is 0 Å². The van der Waals surface area contributed by atoms with Gasteiger partial charge in [-0.25, -0.2) is 4.98 Å². The van der Waals surface area contributed by atoms with Crippen LogP contribution in [-0.4, -0.2) is 35.6 Å². The smallest absolute Gasteiger partial charge is 0.0897 e. The number of aromatic nitrogens is 1. The Morgan fingerprint density at radius 3 is 2.67 bits per heavy atom. The second-order valence-electron chi connectivity index (χ2n) is 4.81. The first-order chi connectivity index (χ1) is 8.65. The van der Waals surface area contributed by atoms with Gasteiger partial charge in [-0.3, -0.25) is 0 Å². The number of nitrogens with one attached hydrogen (secondary N) is 1. The Morgan fingerprint density at radius 1 is 1.39 bits per heavy atom. The van der Waals surface area contributed by atoms with Crippen molar-refractivity contribution < 1.29 is 0 Å². The molecule has 0 aromatic carbocycles. The summed E-state index contributed by atoms with van der Waals surface area (Å²) in [6, 6.07) is 0.572. The second kappa shape index (κ2) is 8.62. The fourth-order valence-corrected chi connectivity index (χ4v) is 2.64. The summed E-state index contributed by atoms with van der Waals surface area (Å²) in [5, 5.41) is 6.85. The molecule has 0 spiro atoms. The summed E-state index contributed by atoms with van der Waals surface area (Å²) < 4.78 is 0. The van der Waals surface area contributed by atoms with E-state index in [0.29, 0.717) is 6.04 Å². The third-order valence-corrected chi connectivity index (χ3v) is 4.13. The van der Waals surface area contributed by atoms with Crippen LogP contribution in [0.5, 0.6) is 0 Å². The Bertz CT molecular complexity index is 321. The number of hydrogen-bond acceptors (Lipinski definition) is 4. The van der Waals surface area contributed by atoms with Gasteiger partial charge in [-0.05, 0) is 46.3 Å². The molecular weight excluding hydrogens is 242 g/mol. The molecule has 1 atom stereocenters. The van der Waals surface area contributed by atoms with Crippen molar-refractivity contribution in [2.45, 2.75) is 53.1 Å². The van der Waals surface area contributed by atoms with Crippen LogP contribution in [0.3, 0.4) is 0 Å². The molecule has 0 fully saturated rings. The van der Waals surface area contributed by atoms with Gasteiger partial charge in [0.1, 0.15) is 0 Å². The minimum Gasteiger partial charge on any atom is -0.309 e. The summed E-state index contributed by atoms with van der Waals surface area (Å²) in [4.78, 5) is 6.95. The van der Waals surface area contributed by atoms with Crippen LogP contribution in [-0.2, 0) is 6.54 Å². The van der Waals surface area contributed by atoms with Crippen molar-refractivity contribution in [2.75, 3.05) is 19.6 Å². The highest BCUT2D eigenvalue weighted by molar-refractivity contribution is 7.09. The lowest BCUT2D eigenvalue weighted by atomic mass is 10.1. The predicted octanol–water partition coefficient (Wildman–Crippen LogP) is 3.05. The predicted molar refractivity (Wildman–Crippen MR) is 80.2 cm³/mol. The van der Waals surface area contributed by atoms with Crippen LogP contribution in [0, 0.1) is 6.92 Å². The molecule has 0 aliphatic rings. The van der Waals surface area contributed by atoms with Crippen molar-refractivity contribution in [3.63, 3.8) is 0 Å². The lowest BCUT2D eigenvalue weighted by Crippen LogP contribution is -2.28. The number of nitrogens with zero attached hydrogens (tertiary/aromatic N) is 2. The molecule has 0 saturated carbocycles. The monoisotopic (exact) mass is 269 g/mol. The third-order valence-electron chi connectivity index (χ3n) is 3.30. The lowest BCUT2D eigenvalue weighted by molar-refractivity contribution is 0.290. The average Bonchev–Trinajstić information content (AvgIpc) is 2.78. The van der Waals surface area contributed by atoms with E-state index < -0.39 is 0 Å². The molecule has 3 nitrogen and oxygen atoms in total. The van der Waals surface area contributed by atoms with Crippen molar-refractivity contribution >= 4 is 11.3 Å². The number of aryl methyl sites for hydroxylation is 1. The molecule has 1 heterocycles. The van der Waals surface area contributed by atoms with E-state index in [4.69, 9.17) is 0 Å². The fourth-order valence-electron chi connectivity index (χ4n) is 2.03. The Labute approximate surface area is 116 Å². The van der Waals surface area contributed by atoms with Crippen LogP contribution in [0.15, 0.2) is 5.38 Å². The molecule has 1 aromatic heterocycles. The van der Waals surface area contributed by atoms with E-state index in [9.17, 15) is 0 Å². The molecule has 0 radical (unpaired) electrons. The molecule has 0 amide bonds. The maximum absolute atomic E-state index is 4.47. The summed E-state index contributed by atoms with van der Waals surface area (Å²) in [7, 11) is 0. The van der Waals surface area contributed by atoms with Crippen molar-refractivity contribution in [3.05, 3.63) is 16.1 Å². The molecule has 1 rings (SSSR count). The second-order valence-corrected chi connectivity index (χ2v) is 5.87. The molecular formula is C14H27N3S. The van der Waals surface area contributed by atoms with Crippen molar-refractivity contribution in [1.29, 1.82) is 0 Å². The van der Waals surface area contributed by atoms with E-state index in [1.807, 2.05) is 0 Å². The summed E-state index contributed by atoms with van der Waals surface area (Å²) in [6.07, 6.45) is 2.51. The van der Waals surface area contributed by atoms with Gasteiger partial charge in [-0.2, -0.15) is 0 Å². The van der Waals surface area contributed by atoms with E-state index in [1.54, 1.807) is 11.3 Å². The summed E-state index contributed by atoms with van der Waals surface area (Å²) in [6.45, 7) is 13.2. The first kappa shape index (κ1) is 15.6. The van der Waals surface area contributed by atoms with Crippen LogP contribution in [0.2, 0.25) is 0 Å². The maximum atomic E-state index is 4.47. The minimum atomic E-state index is 0.572. The van der Waals surface area contributed by atoms with Crippen molar-refractivity contribution in [2.24, 2.45) is 0 Å². The first-order valence-corrected chi connectivity index (χ1v) is 7.90. The highest BCUT2D eigenvalue weighted by Gasteiger charge is 2.05. The summed E-state index contributed by atoms with van der Waals surface area (Å²) >= 11 is 1.73. The number of thiazole rings is 1. The molecule has 1 N–H and O–H groups in total. The highest BCUT2D eigenvalue weighted by atomic mass is 32.1. The van der Waals surface area contributed by atoms with Gasteiger partial charge in [-0.1, -0.05) is 13.8 Å². The van der Waals surface area contributed by atoms with Gasteiger partial charge in [-0.15, -0.1) is 11.3 Å². The van der Waals surface area contributed by atoms with E-state index in [1.165, 1.54) is 25.1 Å². The zero-order chi connectivity index (χ0) is 13.4. The molecule has 1 aromatic rings. The molecule has 0 aliphatic carbocycles. The van der Waals surface area contributed by atoms with Gasteiger partial charge in [0.05, 0.1) is 10.7 Å². The van der Waals surface area contributed by atoms with Crippen molar-refractivity contribution in [1.82, 2.24) is 15.2 Å². The summed E-state index contributed by atoms with van der Waals surface area (Å²) in [5.41, 5.74) is 1.17. The highest BCUT2D eigenvalue weighted by Crippen LogP contribution is 2.08. The Balaban J connectivity index is 2.12. The van der Waals surface area contributed by atoms with Crippen LogP contribution < -0.4 is 5.32 Å². The quantitative estimate of drug-likeness (QED) is 0.747. The Morgan fingerprint density at radius 2 is 2.11 bits per heavy atom. The molecule has 1 unspecified atom stereocenters. The zero-order valence-electron chi connectivity index (χ0n) is 12.2. The number of hydrogen-bond donors (Lipinski definition) is 1. The molecule has 18 heavy (non-hydrogen) atoms. The van der Waals surface area contributed by atoms with Crippen LogP contribution in [0.1, 0.15) is 44.3 Å². The van der Waals surface area contributed by atoms with Gasteiger partial charge in [0.2, 0.25) is 0 Å². The minimum absolute atomic E-state index is 0.572. The first-order valence-electron chi connectivity index (χ1n) is 7.02. The van der Waals surface area contributed by atoms with E-state index in [0.717, 1.165) is 24.6 Å². The largest absolute Gasteiger partial charge is 0.309 e. The maximum Gasteiger partial charge on any atom is 0.0897 e. The van der Waals surface area contributed by atoms with E-state index >= 15 is 0 Å². The lowest BCUT2D eigenvalue weighted by Gasteiger charge is -2.19.